The van der Waals surface area contributed by atoms with Crippen molar-refractivity contribution in [3.8, 4) is 0 Å². The third-order valence-electron chi connectivity index (χ3n) is 3.28. The molecule has 15 heavy (non-hydrogen) atoms. The lowest BCUT2D eigenvalue weighted by Gasteiger charge is -2.21. The van der Waals surface area contributed by atoms with Gasteiger partial charge in [0.05, 0.1) is 5.60 Å². The lowest BCUT2D eigenvalue weighted by atomic mass is 9.92. The third kappa shape index (κ3) is 1.38. The molecule has 0 amide bonds. The molecule has 0 unspecified atom stereocenters. The number of hydrogen-bond donors (Lipinski definition) is 1. The summed E-state index contributed by atoms with van der Waals surface area (Å²) in [6, 6.07) is 4.00. The van der Waals surface area contributed by atoms with Gasteiger partial charge in [0.25, 0.3) is 0 Å². The quantitative estimate of drug-likeness (QED) is 0.799. The number of aromatic nitrogens is 1. The third-order valence-corrected chi connectivity index (χ3v) is 4.18. The van der Waals surface area contributed by atoms with Gasteiger partial charge in [-0.3, -0.25) is 0 Å². The van der Waals surface area contributed by atoms with Gasteiger partial charge >= 0.3 is 0 Å². The SMILES string of the molecule is OC1(c2csc3ncccc23)CCCC1. The van der Waals surface area contributed by atoms with Gasteiger partial charge in [-0.25, -0.2) is 4.98 Å². The zero-order chi connectivity index (χ0) is 10.3. The van der Waals surface area contributed by atoms with Crippen molar-refractivity contribution in [2.45, 2.75) is 31.3 Å². The predicted molar refractivity (Wildman–Crippen MR) is 62.0 cm³/mol. The normalized spacial score (nSPS) is 19.8. The van der Waals surface area contributed by atoms with E-state index in [-0.39, 0.29) is 0 Å². The minimum absolute atomic E-state index is 0.582. The van der Waals surface area contributed by atoms with Gasteiger partial charge in [0, 0.05) is 17.1 Å². The molecule has 1 aliphatic carbocycles. The molecule has 2 nitrogen and oxygen atoms in total. The largest absolute Gasteiger partial charge is 0.385 e. The van der Waals surface area contributed by atoms with Crippen LogP contribution in [0.15, 0.2) is 23.7 Å². The van der Waals surface area contributed by atoms with Crippen LogP contribution in [0.5, 0.6) is 0 Å². The minimum atomic E-state index is -0.582. The molecular weight excluding hydrogens is 206 g/mol. The molecule has 0 aliphatic heterocycles. The van der Waals surface area contributed by atoms with Crippen molar-refractivity contribution in [2.75, 3.05) is 0 Å². The summed E-state index contributed by atoms with van der Waals surface area (Å²) < 4.78 is 0. The maximum absolute atomic E-state index is 10.5. The molecule has 0 spiro atoms. The maximum Gasteiger partial charge on any atom is 0.123 e. The fourth-order valence-corrected chi connectivity index (χ4v) is 3.46. The molecule has 2 heterocycles. The first-order chi connectivity index (χ1) is 7.30. The van der Waals surface area contributed by atoms with Crippen LogP contribution in [0.3, 0.4) is 0 Å². The Morgan fingerprint density at radius 3 is 2.93 bits per heavy atom. The van der Waals surface area contributed by atoms with E-state index in [2.05, 4.69) is 16.4 Å². The molecule has 0 bridgehead atoms. The molecule has 3 rings (SSSR count). The zero-order valence-corrected chi connectivity index (χ0v) is 9.26. The van der Waals surface area contributed by atoms with Gasteiger partial charge in [0.1, 0.15) is 4.83 Å². The molecule has 1 N–H and O–H groups in total. The molecule has 78 valence electrons. The molecular formula is C12H13NOS. The van der Waals surface area contributed by atoms with Gasteiger partial charge in [-0.2, -0.15) is 0 Å². The molecule has 0 radical (unpaired) electrons. The number of thiophene rings is 1. The number of rotatable bonds is 1. The van der Waals surface area contributed by atoms with Gasteiger partial charge in [-0.1, -0.05) is 18.9 Å². The molecule has 1 saturated carbocycles. The Bertz CT molecular complexity index is 485. The minimum Gasteiger partial charge on any atom is -0.385 e. The van der Waals surface area contributed by atoms with Crippen molar-refractivity contribution in [1.82, 2.24) is 4.98 Å². The van der Waals surface area contributed by atoms with Crippen LogP contribution in [0.1, 0.15) is 31.2 Å². The summed E-state index contributed by atoms with van der Waals surface area (Å²) >= 11 is 1.63. The first kappa shape index (κ1) is 9.31. The smallest absolute Gasteiger partial charge is 0.123 e. The Balaban J connectivity index is 2.18. The first-order valence-electron chi connectivity index (χ1n) is 5.35. The molecule has 2 aromatic rings. The van der Waals surface area contributed by atoms with E-state index in [1.54, 1.807) is 17.5 Å². The highest BCUT2D eigenvalue weighted by molar-refractivity contribution is 7.16. The van der Waals surface area contributed by atoms with Gasteiger partial charge in [-0.05, 0) is 24.3 Å². The standard InChI is InChI=1S/C12H13NOS/c14-12(5-1-2-6-12)10-8-15-11-9(10)4-3-7-13-11/h3-4,7-8,14H,1-2,5-6H2. The lowest BCUT2D eigenvalue weighted by molar-refractivity contribution is 0.0464. The van der Waals surface area contributed by atoms with Crippen molar-refractivity contribution >= 4 is 21.6 Å². The van der Waals surface area contributed by atoms with Crippen LogP contribution < -0.4 is 0 Å². The fraction of sp³-hybridized carbons (Fsp3) is 0.417. The summed E-state index contributed by atoms with van der Waals surface area (Å²) in [7, 11) is 0. The van der Waals surface area contributed by atoms with E-state index >= 15 is 0 Å². The van der Waals surface area contributed by atoms with Crippen LogP contribution in [0.25, 0.3) is 10.2 Å². The second-order valence-electron chi connectivity index (χ2n) is 4.24. The van der Waals surface area contributed by atoms with Gasteiger partial charge in [0.2, 0.25) is 0 Å². The van der Waals surface area contributed by atoms with Crippen molar-refractivity contribution < 1.29 is 5.11 Å². The monoisotopic (exact) mass is 219 g/mol. The Morgan fingerprint density at radius 2 is 2.13 bits per heavy atom. The predicted octanol–water partition coefficient (Wildman–Crippen LogP) is 3.06. The highest BCUT2D eigenvalue weighted by Crippen LogP contribution is 2.42. The second-order valence-corrected chi connectivity index (χ2v) is 5.10. The molecule has 1 fully saturated rings. The Labute approximate surface area is 92.6 Å². The van der Waals surface area contributed by atoms with Crippen LogP contribution >= 0.6 is 11.3 Å². The van der Waals surface area contributed by atoms with Crippen molar-refractivity contribution in [3.05, 3.63) is 29.3 Å². The Kier molecular flexibility index (Phi) is 2.04. The maximum atomic E-state index is 10.5. The van der Waals surface area contributed by atoms with Crippen molar-refractivity contribution in [3.63, 3.8) is 0 Å². The number of pyridine rings is 1. The topological polar surface area (TPSA) is 33.1 Å². The molecule has 0 atom stereocenters. The van der Waals surface area contributed by atoms with Crippen LogP contribution in [0.4, 0.5) is 0 Å². The van der Waals surface area contributed by atoms with E-state index in [4.69, 9.17) is 0 Å². The first-order valence-corrected chi connectivity index (χ1v) is 6.23. The average Bonchev–Trinajstić information content (AvgIpc) is 2.84. The highest BCUT2D eigenvalue weighted by atomic mass is 32.1. The van der Waals surface area contributed by atoms with Gasteiger partial charge < -0.3 is 5.11 Å². The van der Waals surface area contributed by atoms with Crippen LogP contribution in [0, 0.1) is 0 Å². The number of hydrogen-bond acceptors (Lipinski definition) is 3. The fourth-order valence-electron chi connectivity index (χ4n) is 2.46. The van der Waals surface area contributed by atoms with Crippen molar-refractivity contribution in [2.24, 2.45) is 0 Å². The van der Waals surface area contributed by atoms with Crippen LogP contribution in [0.2, 0.25) is 0 Å². The Morgan fingerprint density at radius 1 is 1.33 bits per heavy atom. The summed E-state index contributed by atoms with van der Waals surface area (Å²) in [6.45, 7) is 0. The number of fused-ring (bicyclic) bond motifs is 1. The van der Waals surface area contributed by atoms with E-state index in [0.29, 0.717) is 0 Å². The summed E-state index contributed by atoms with van der Waals surface area (Å²) in [4.78, 5) is 5.35. The summed E-state index contributed by atoms with van der Waals surface area (Å²) in [5.41, 5.74) is 0.509. The Hall–Kier alpha value is -0.930. The van der Waals surface area contributed by atoms with E-state index < -0.39 is 5.60 Å². The van der Waals surface area contributed by atoms with E-state index in [1.807, 2.05) is 6.07 Å². The van der Waals surface area contributed by atoms with Crippen molar-refractivity contribution in [1.29, 1.82) is 0 Å². The highest BCUT2D eigenvalue weighted by Gasteiger charge is 2.34. The molecule has 2 aromatic heterocycles. The molecule has 0 aromatic carbocycles. The van der Waals surface area contributed by atoms with Gasteiger partial charge in [-0.15, -0.1) is 11.3 Å². The molecule has 0 saturated heterocycles. The molecule has 3 heteroatoms. The van der Waals surface area contributed by atoms with E-state index in [9.17, 15) is 5.11 Å². The second kappa shape index (κ2) is 3.29. The summed E-state index contributed by atoms with van der Waals surface area (Å²) in [5, 5.41) is 13.7. The van der Waals surface area contributed by atoms with E-state index in [1.165, 1.54) is 0 Å². The van der Waals surface area contributed by atoms with Crippen LogP contribution in [-0.4, -0.2) is 10.1 Å². The zero-order valence-electron chi connectivity index (χ0n) is 8.44. The molecule has 1 aliphatic rings. The van der Waals surface area contributed by atoms with E-state index in [0.717, 1.165) is 41.5 Å². The summed E-state index contributed by atoms with van der Waals surface area (Å²) in [5.74, 6) is 0. The lowest BCUT2D eigenvalue weighted by Crippen LogP contribution is -2.20. The number of nitrogens with zero attached hydrogens (tertiary/aromatic N) is 1. The number of aliphatic hydroxyl groups is 1. The average molecular weight is 219 g/mol. The summed E-state index contributed by atoms with van der Waals surface area (Å²) in [6.07, 6.45) is 5.87. The van der Waals surface area contributed by atoms with Crippen LogP contribution in [-0.2, 0) is 5.60 Å². The van der Waals surface area contributed by atoms with Gasteiger partial charge in [0.15, 0.2) is 0 Å².